The number of ether oxygens (including phenoxy) is 2. The molecule has 104 valence electrons. The first-order valence-corrected chi connectivity index (χ1v) is 5.43. The first-order valence-electron chi connectivity index (χ1n) is 5.43. The van der Waals surface area contributed by atoms with Crippen LogP contribution in [0.3, 0.4) is 0 Å². The molecule has 1 aromatic rings. The van der Waals surface area contributed by atoms with E-state index in [0.717, 1.165) is 16.8 Å². The molecule has 19 heavy (non-hydrogen) atoms. The summed E-state index contributed by atoms with van der Waals surface area (Å²) in [6, 6.07) is 1.08. The van der Waals surface area contributed by atoms with Gasteiger partial charge in [0.25, 0.3) is 12.0 Å². The molecule has 0 radical (unpaired) electrons. The Morgan fingerprint density at radius 3 is 2.84 bits per heavy atom. The Hall–Kier alpha value is -1.97. The predicted octanol–water partition coefficient (Wildman–Crippen LogP) is -2.67. The number of aliphatic hydroxyl groups is 2. The van der Waals surface area contributed by atoms with Crippen molar-refractivity contribution in [3.63, 3.8) is 0 Å². The fraction of sp³-hybridized carbons (Fsp3) is 0.500. The minimum absolute atomic E-state index is 0.123. The summed E-state index contributed by atoms with van der Waals surface area (Å²) in [6.45, 7) is -0.373. The van der Waals surface area contributed by atoms with Crippen LogP contribution in [0.15, 0.2) is 21.9 Å². The summed E-state index contributed by atoms with van der Waals surface area (Å²) in [4.78, 5) is 34.9. The number of H-pyrrole nitrogens is 1. The average molecular weight is 272 g/mol. The highest BCUT2D eigenvalue weighted by molar-refractivity contribution is 5.38. The molecule has 0 aromatic carbocycles. The molecule has 0 aliphatic carbocycles. The summed E-state index contributed by atoms with van der Waals surface area (Å²) in [5, 5.41) is 19.0. The van der Waals surface area contributed by atoms with Crippen LogP contribution in [0.1, 0.15) is 6.23 Å². The van der Waals surface area contributed by atoms with Crippen molar-refractivity contribution in [1.82, 2.24) is 9.55 Å². The lowest BCUT2D eigenvalue weighted by Crippen LogP contribution is -2.38. The summed E-state index contributed by atoms with van der Waals surface area (Å²) < 4.78 is 10.8. The van der Waals surface area contributed by atoms with Gasteiger partial charge in [0.2, 0.25) is 0 Å². The molecule has 4 atom stereocenters. The predicted molar refractivity (Wildman–Crippen MR) is 59.3 cm³/mol. The van der Waals surface area contributed by atoms with E-state index in [-0.39, 0.29) is 6.47 Å². The zero-order chi connectivity index (χ0) is 14.0. The summed E-state index contributed by atoms with van der Waals surface area (Å²) in [7, 11) is 0. The average Bonchev–Trinajstić information content (AvgIpc) is 2.68. The molecule has 1 aliphatic rings. The number of nitrogens with one attached hydrogen (secondary N) is 1. The van der Waals surface area contributed by atoms with E-state index >= 15 is 0 Å². The van der Waals surface area contributed by atoms with Gasteiger partial charge in [-0.25, -0.2) is 4.79 Å². The van der Waals surface area contributed by atoms with Gasteiger partial charge in [0.15, 0.2) is 12.3 Å². The van der Waals surface area contributed by atoms with Gasteiger partial charge in [-0.15, -0.1) is 0 Å². The highest BCUT2D eigenvalue weighted by Crippen LogP contribution is 2.29. The summed E-state index contributed by atoms with van der Waals surface area (Å²) in [6.07, 6.45) is -3.40. The van der Waals surface area contributed by atoms with Gasteiger partial charge >= 0.3 is 5.69 Å². The van der Waals surface area contributed by atoms with Crippen molar-refractivity contribution in [2.75, 3.05) is 6.61 Å². The van der Waals surface area contributed by atoms with Crippen LogP contribution in [0.2, 0.25) is 0 Å². The third kappa shape index (κ3) is 2.43. The van der Waals surface area contributed by atoms with Crippen LogP contribution in [0.5, 0.6) is 0 Å². The number of aromatic amines is 1. The highest BCUT2D eigenvalue weighted by Gasteiger charge is 2.46. The van der Waals surface area contributed by atoms with E-state index in [2.05, 4.69) is 4.74 Å². The summed E-state index contributed by atoms with van der Waals surface area (Å²) in [5.41, 5.74) is -1.37. The number of hydrogen-bond donors (Lipinski definition) is 3. The Balaban J connectivity index is 2.33. The summed E-state index contributed by atoms with van der Waals surface area (Å²) >= 11 is 0. The Labute approximate surface area is 106 Å². The third-order valence-corrected chi connectivity index (χ3v) is 2.83. The molecule has 0 spiro atoms. The Morgan fingerprint density at radius 1 is 1.53 bits per heavy atom. The molecule has 2 rings (SSSR count). The van der Waals surface area contributed by atoms with E-state index in [9.17, 15) is 19.5 Å². The van der Waals surface area contributed by atoms with Crippen LogP contribution in [0.25, 0.3) is 0 Å². The lowest BCUT2D eigenvalue weighted by atomic mass is 10.1. The lowest BCUT2D eigenvalue weighted by molar-refractivity contribution is -0.140. The van der Waals surface area contributed by atoms with Crippen molar-refractivity contribution in [2.24, 2.45) is 0 Å². The molecule has 3 N–H and O–H groups in total. The van der Waals surface area contributed by atoms with E-state index in [1.54, 1.807) is 0 Å². The van der Waals surface area contributed by atoms with Gasteiger partial charge in [-0.3, -0.25) is 19.1 Å². The van der Waals surface area contributed by atoms with Gasteiger partial charge in [-0.1, -0.05) is 0 Å². The molecule has 2 heterocycles. The van der Waals surface area contributed by atoms with Gasteiger partial charge in [-0.2, -0.15) is 0 Å². The number of carbonyl (C=O) groups is 1. The molecule has 1 aromatic heterocycles. The molecule has 1 fully saturated rings. The maximum Gasteiger partial charge on any atom is 0.330 e. The maximum absolute atomic E-state index is 11.6. The van der Waals surface area contributed by atoms with Gasteiger partial charge < -0.3 is 19.7 Å². The number of rotatable bonds is 4. The smallest absolute Gasteiger partial charge is 0.330 e. The van der Waals surface area contributed by atoms with Crippen LogP contribution in [-0.4, -0.2) is 51.2 Å². The molecule has 0 bridgehead atoms. The topological polar surface area (TPSA) is 131 Å². The van der Waals surface area contributed by atoms with E-state index in [1.165, 1.54) is 0 Å². The molecule has 9 heteroatoms. The molecule has 9 nitrogen and oxygen atoms in total. The van der Waals surface area contributed by atoms with E-state index in [1.807, 2.05) is 4.98 Å². The van der Waals surface area contributed by atoms with Crippen molar-refractivity contribution >= 4 is 6.47 Å². The van der Waals surface area contributed by atoms with Gasteiger partial charge in [0.05, 0.1) is 6.61 Å². The van der Waals surface area contributed by atoms with E-state index in [0.29, 0.717) is 0 Å². The van der Waals surface area contributed by atoms with Crippen molar-refractivity contribution in [2.45, 2.75) is 24.5 Å². The monoisotopic (exact) mass is 272 g/mol. The van der Waals surface area contributed by atoms with E-state index < -0.39 is 42.4 Å². The second-order valence-corrected chi connectivity index (χ2v) is 3.95. The third-order valence-electron chi connectivity index (χ3n) is 2.83. The largest absolute Gasteiger partial charge is 0.459 e. The second kappa shape index (κ2) is 5.34. The zero-order valence-corrected chi connectivity index (χ0v) is 9.63. The fourth-order valence-electron chi connectivity index (χ4n) is 1.96. The number of aliphatic hydroxyl groups excluding tert-OH is 2. The quantitative estimate of drug-likeness (QED) is 0.509. The lowest BCUT2D eigenvalue weighted by Gasteiger charge is -2.17. The Bertz CT molecular complexity index is 565. The molecule has 1 aliphatic heterocycles. The fourth-order valence-corrected chi connectivity index (χ4v) is 1.96. The molecule has 1 unspecified atom stereocenters. The summed E-state index contributed by atoms with van der Waals surface area (Å²) in [5.74, 6) is 0. The molecular weight excluding hydrogens is 260 g/mol. The van der Waals surface area contributed by atoms with Crippen molar-refractivity contribution in [1.29, 1.82) is 0 Å². The van der Waals surface area contributed by atoms with Crippen LogP contribution in [-0.2, 0) is 14.3 Å². The first kappa shape index (κ1) is 13.5. The normalized spacial score (nSPS) is 30.2. The van der Waals surface area contributed by atoms with Gasteiger partial charge in [0, 0.05) is 12.3 Å². The first-order chi connectivity index (χ1) is 9.08. The number of hydrogen-bond acceptors (Lipinski definition) is 7. The van der Waals surface area contributed by atoms with Crippen molar-refractivity contribution in [3.8, 4) is 0 Å². The van der Waals surface area contributed by atoms with E-state index in [4.69, 9.17) is 9.84 Å². The Morgan fingerprint density at radius 2 is 2.26 bits per heavy atom. The molecule has 0 amide bonds. The van der Waals surface area contributed by atoms with Crippen LogP contribution in [0.4, 0.5) is 0 Å². The highest BCUT2D eigenvalue weighted by atomic mass is 16.6. The van der Waals surface area contributed by atoms with Crippen LogP contribution < -0.4 is 11.2 Å². The maximum atomic E-state index is 11.6. The number of nitrogens with zero attached hydrogens (tertiary/aromatic N) is 1. The molecular formula is C10H12N2O7. The number of carbonyl (C=O) groups excluding carboxylic acids is 1. The van der Waals surface area contributed by atoms with Crippen LogP contribution >= 0.6 is 0 Å². The minimum atomic E-state index is -1.34. The van der Waals surface area contributed by atoms with Gasteiger partial charge in [0.1, 0.15) is 12.2 Å². The molecule has 1 saturated heterocycles. The van der Waals surface area contributed by atoms with Crippen molar-refractivity contribution in [3.05, 3.63) is 33.1 Å². The number of aromatic nitrogens is 2. The SMILES string of the molecule is O=COC1[C@@H](CO)O[C@@H](n2ccc(=O)[nH]c2=O)[C@H]1O. The molecule has 0 saturated carbocycles. The second-order valence-electron chi connectivity index (χ2n) is 3.95. The standard InChI is InChI=1S/C10H12N2O7/c13-3-5-8(18-4-14)7(16)9(19-5)12-2-1-6(15)11-10(12)17/h1-2,4-5,7-9,13,16H,3H2,(H,11,15,17)/t5-,7+,8?,9-/m1/s1. The Kier molecular flexibility index (Phi) is 3.79. The van der Waals surface area contributed by atoms with Crippen molar-refractivity contribution < 1.29 is 24.5 Å². The minimum Gasteiger partial charge on any atom is -0.459 e. The zero-order valence-electron chi connectivity index (χ0n) is 9.63. The van der Waals surface area contributed by atoms with Crippen LogP contribution in [0, 0.1) is 0 Å². The van der Waals surface area contributed by atoms with Gasteiger partial charge in [-0.05, 0) is 0 Å².